The molecule has 0 saturated carbocycles. The van der Waals surface area contributed by atoms with Crippen LogP contribution in [0, 0.1) is 5.41 Å². The SMILES string of the molecule is C=CCC1(CC=C)C(=O)S[C@](C)(CCCCCCCCCC)C1=O. The minimum absolute atomic E-state index is 0.00867. The summed E-state index contributed by atoms with van der Waals surface area (Å²) in [6.07, 6.45) is 15.0. The molecule has 1 saturated heterocycles. The van der Waals surface area contributed by atoms with Gasteiger partial charge in [0.15, 0.2) is 5.78 Å². The van der Waals surface area contributed by atoms with Crippen molar-refractivity contribution >= 4 is 22.7 Å². The number of allylic oxidation sites excluding steroid dienone is 2. The van der Waals surface area contributed by atoms with Crippen LogP contribution in [0.2, 0.25) is 0 Å². The van der Waals surface area contributed by atoms with Gasteiger partial charge in [-0.3, -0.25) is 9.59 Å². The highest BCUT2D eigenvalue weighted by molar-refractivity contribution is 8.16. The zero-order valence-electron chi connectivity index (χ0n) is 15.6. The molecule has 24 heavy (non-hydrogen) atoms. The Kier molecular flexibility index (Phi) is 9.04. The summed E-state index contributed by atoms with van der Waals surface area (Å²) in [5.74, 6) is 0.0905. The second-order valence-electron chi connectivity index (χ2n) is 7.24. The van der Waals surface area contributed by atoms with E-state index in [9.17, 15) is 9.59 Å². The van der Waals surface area contributed by atoms with E-state index >= 15 is 0 Å². The molecule has 1 heterocycles. The maximum absolute atomic E-state index is 13.0. The van der Waals surface area contributed by atoms with Crippen LogP contribution >= 0.6 is 11.8 Å². The molecule has 1 rings (SSSR count). The second kappa shape index (κ2) is 10.2. The molecule has 0 amide bonds. The van der Waals surface area contributed by atoms with Gasteiger partial charge in [-0.05, 0) is 26.2 Å². The lowest BCUT2D eigenvalue weighted by Gasteiger charge is -2.26. The van der Waals surface area contributed by atoms with Gasteiger partial charge in [0.2, 0.25) is 5.12 Å². The van der Waals surface area contributed by atoms with Crippen molar-refractivity contribution in [3.63, 3.8) is 0 Å². The molecule has 136 valence electrons. The molecule has 1 atom stereocenters. The number of Topliss-reactive ketones (excluding diaryl/α,β-unsaturated/α-hetero) is 1. The maximum Gasteiger partial charge on any atom is 0.204 e. The van der Waals surface area contributed by atoms with Gasteiger partial charge in [-0.15, -0.1) is 13.2 Å². The van der Waals surface area contributed by atoms with Crippen LogP contribution in [0.1, 0.15) is 84.5 Å². The van der Waals surface area contributed by atoms with Gasteiger partial charge in [0.1, 0.15) is 5.41 Å². The lowest BCUT2D eigenvalue weighted by Crippen LogP contribution is -2.39. The molecule has 0 aromatic rings. The van der Waals surface area contributed by atoms with Crippen LogP contribution < -0.4 is 0 Å². The van der Waals surface area contributed by atoms with Crippen molar-refractivity contribution < 1.29 is 9.59 Å². The first-order chi connectivity index (χ1) is 11.5. The summed E-state index contributed by atoms with van der Waals surface area (Å²) in [5.41, 5.74) is -0.914. The first-order valence-corrected chi connectivity index (χ1v) is 10.3. The van der Waals surface area contributed by atoms with Gasteiger partial charge in [-0.25, -0.2) is 0 Å². The third-order valence-corrected chi connectivity index (χ3v) is 6.53. The average molecular weight is 351 g/mol. The summed E-state index contributed by atoms with van der Waals surface area (Å²) < 4.78 is -0.564. The Labute approximate surface area is 152 Å². The lowest BCUT2D eigenvalue weighted by molar-refractivity contribution is -0.135. The standard InChI is InChI=1S/C21H34O2S/c1-5-8-9-10-11-12-13-14-17-20(4)18(22)21(15-6-2,16-7-3)19(23)24-20/h6-7H,2-3,5,8-17H2,1,4H3/t20-/m1/s1. The van der Waals surface area contributed by atoms with Crippen LogP contribution in [-0.4, -0.2) is 15.6 Å². The Hall–Kier alpha value is -0.830. The maximum atomic E-state index is 13.0. The van der Waals surface area contributed by atoms with Gasteiger partial charge < -0.3 is 0 Å². The van der Waals surface area contributed by atoms with Crippen molar-refractivity contribution in [2.45, 2.75) is 89.2 Å². The van der Waals surface area contributed by atoms with Gasteiger partial charge in [0.25, 0.3) is 0 Å². The molecule has 1 aliphatic rings. The first-order valence-electron chi connectivity index (χ1n) is 9.47. The molecule has 0 radical (unpaired) electrons. The largest absolute Gasteiger partial charge is 0.297 e. The van der Waals surface area contributed by atoms with E-state index in [-0.39, 0.29) is 10.9 Å². The topological polar surface area (TPSA) is 34.1 Å². The number of unbranched alkanes of at least 4 members (excludes halogenated alkanes) is 7. The Morgan fingerprint density at radius 1 is 0.917 bits per heavy atom. The highest BCUT2D eigenvalue weighted by Gasteiger charge is 2.59. The van der Waals surface area contributed by atoms with Gasteiger partial charge in [0, 0.05) is 0 Å². The van der Waals surface area contributed by atoms with E-state index in [1.165, 1.54) is 50.3 Å². The molecule has 1 fully saturated rings. The average Bonchev–Trinajstić information content (AvgIpc) is 2.72. The van der Waals surface area contributed by atoms with Gasteiger partial charge in [-0.1, -0.05) is 82.2 Å². The molecule has 0 aliphatic carbocycles. The fourth-order valence-corrected chi connectivity index (χ4v) is 5.03. The molecule has 0 N–H and O–H groups in total. The monoisotopic (exact) mass is 350 g/mol. The van der Waals surface area contributed by atoms with Crippen LogP contribution in [0.3, 0.4) is 0 Å². The van der Waals surface area contributed by atoms with Crippen molar-refractivity contribution in [3.8, 4) is 0 Å². The molecule has 3 heteroatoms. The fourth-order valence-electron chi connectivity index (χ4n) is 3.64. The minimum Gasteiger partial charge on any atom is -0.297 e. The van der Waals surface area contributed by atoms with E-state index in [0.29, 0.717) is 12.8 Å². The highest BCUT2D eigenvalue weighted by Crippen LogP contribution is 2.52. The fraction of sp³-hybridized carbons (Fsp3) is 0.714. The third-order valence-electron chi connectivity index (χ3n) is 5.12. The molecule has 0 bridgehead atoms. The van der Waals surface area contributed by atoms with Crippen molar-refractivity contribution in [2.75, 3.05) is 0 Å². The van der Waals surface area contributed by atoms with Gasteiger partial charge >= 0.3 is 0 Å². The molecule has 2 nitrogen and oxygen atoms in total. The Bertz CT molecular complexity index is 445. The van der Waals surface area contributed by atoms with Crippen LogP contribution in [0.25, 0.3) is 0 Å². The number of rotatable bonds is 13. The Morgan fingerprint density at radius 2 is 1.42 bits per heavy atom. The molecule has 0 aromatic heterocycles. The molecule has 0 aromatic carbocycles. The van der Waals surface area contributed by atoms with Crippen molar-refractivity contribution in [2.24, 2.45) is 5.41 Å². The minimum atomic E-state index is -0.914. The van der Waals surface area contributed by atoms with E-state index in [1.54, 1.807) is 12.2 Å². The first kappa shape index (κ1) is 21.2. The highest BCUT2D eigenvalue weighted by atomic mass is 32.2. The summed E-state index contributed by atoms with van der Waals surface area (Å²) in [7, 11) is 0. The van der Waals surface area contributed by atoms with Crippen molar-refractivity contribution in [1.29, 1.82) is 0 Å². The molecule has 0 unspecified atom stereocenters. The quantitative estimate of drug-likeness (QED) is 0.223. The van der Waals surface area contributed by atoms with Crippen molar-refractivity contribution in [3.05, 3.63) is 25.3 Å². The van der Waals surface area contributed by atoms with E-state index in [0.717, 1.165) is 19.3 Å². The summed E-state index contributed by atoms with van der Waals surface area (Å²) in [5, 5.41) is 0.00867. The Balaban J connectivity index is 2.50. The van der Waals surface area contributed by atoms with E-state index in [2.05, 4.69) is 20.1 Å². The van der Waals surface area contributed by atoms with Crippen LogP contribution in [0.15, 0.2) is 25.3 Å². The van der Waals surface area contributed by atoms with Crippen molar-refractivity contribution in [1.82, 2.24) is 0 Å². The predicted octanol–water partition coefficient (Wildman–Crippen LogP) is 6.26. The lowest BCUT2D eigenvalue weighted by atomic mass is 9.73. The summed E-state index contributed by atoms with van der Waals surface area (Å²) >= 11 is 1.25. The van der Waals surface area contributed by atoms with Crippen LogP contribution in [-0.2, 0) is 9.59 Å². The number of hydrogen-bond acceptors (Lipinski definition) is 3. The smallest absolute Gasteiger partial charge is 0.204 e. The normalized spacial score (nSPS) is 22.8. The number of carbonyl (C=O) groups is 2. The van der Waals surface area contributed by atoms with Gasteiger partial charge in [0.05, 0.1) is 4.75 Å². The second-order valence-corrected chi connectivity index (χ2v) is 8.72. The number of thioether (sulfide) groups is 1. The number of carbonyl (C=O) groups excluding carboxylic acids is 2. The number of ketones is 1. The molecular formula is C21H34O2S. The summed E-state index contributed by atoms with van der Waals surface area (Å²) in [4.78, 5) is 25.6. The predicted molar refractivity (Wildman–Crippen MR) is 105 cm³/mol. The van der Waals surface area contributed by atoms with Crippen LogP contribution in [0.4, 0.5) is 0 Å². The van der Waals surface area contributed by atoms with Gasteiger partial charge in [-0.2, -0.15) is 0 Å². The number of hydrogen-bond donors (Lipinski definition) is 0. The molecular weight excluding hydrogens is 316 g/mol. The zero-order valence-corrected chi connectivity index (χ0v) is 16.4. The van der Waals surface area contributed by atoms with E-state index in [1.807, 2.05) is 6.92 Å². The van der Waals surface area contributed by atoms with Crippen LogP contribution in [0.5, 0.6) is 0 Å². The van der Waals surface area contributed by atoms with E-state index < -0.39 is 10.2 Å². The van der Waals surface area contributed by atoms with E-state index in [4.69, 9.17) is 0 Å². The molecule has 1 aliphatic heterocycles. The Morgan fingerprint density at radius 3 is 1.92 bits per heavy atom. The molecule has 0 spiro atoms. The summed E-state index contributed by atoms with van der Waals surface area (Å²) in [6, 6.07) is 0. The third kappa shape index (κ3) is 5.08. The summed E-state index contributed by atoms with van der Waals surface area (Å²) in [6.45, 7) is 11.7. The zero-order chi connectivity index (χ0) is 18.1.